The molecule has 1 aromatic rings. The maximum atomic E-state index is 12.4. The van der Waals surface area contributed by atoms with E-state index in [0.717, 1.165) is 37.0 Å². The fourth-order valence-corrected chi connectivity index (χ4v) is 3.98. The van der Waals surface area contributed by atoms with Crippen molar-refractivity contribution in [1.82, 2.24) is 4.90 Å². The second-order valence-corrected chi connectivity index (χ2v) is 6.94. The van der Waals surface area contributed by atoms with Crippen molar-refractivity contribution in [3.05, 3.63) is 16.0 Å². The molecule has 1 heterocycles. The molecule has 1 fully saturated rings. The molecule has 6 nitrogen and oxygen atoms in total. The Bertz CT molecular complexity index is 630. The molecule has 1 saturated carbocycles. The van der Waals surface area contributed by atoms with Crippen LogP contribution in [0.1, 0.15) is 51.3 Å². The van der Waals surface area contributed by atoms with E-state index in [9.17, 15) is 14.4 Å². The van der Waals surface area contributed by atoms with Gasteiger partial charge in [-0.25, -0.2) is 4.79 Å². The number of amides is 2. The van der Waals surface area contributed by atoms with Crippen LogP contribution in [0.2, 0.25) is 0 Å². The monoisotopic (exact) mass is 338 g/mol. The summed E-state index contributed by atoms with van der Waals surface area (Å²) in [6.45, 7) is 1.70. The van der Waals surface area contributed by atoms with Gasteiger partial charge in [-0.3, -0.25) is 9.59 Å². The molecule has 1 aliphatic carbocycles. The summed E-state index contributed by atoms with van der Waals surface area (Å²) in [5.41, 5.74) is 0.816. The fraction of sp³-hybridized carbons (Fsp3) is 0.562. The average molecular weight is 338 g/mol. The number of hydrogen-bond donors (Lipinski definition) is 1. The van der Waals surface area contributed by atoms with Crippen molar-refractivity contribution in [2.24, 2.45) is 5.92 Å². The van der Waals surface area contributed by atoms with E-state index in [0.29, 0.717) is 15.4 Å². The maximum absolute atomic E-state index is 12.4. The number of nitrogens with zero attached hydrogens (tertiary/aromatic N) is 1. The van der Waals surface area contributed by atoms with Crippen LogP contribution in [0, 0.1) is 12.8 Å². The van der Waals surface area contributed by atoms with Crippen molar-refractivity contribution in [3.63, 3.8) is 0 Å². The molecule has 126 valence electrons. The molecule has 7 heteroatoms. The lowest BCUT2D eigenvalue weighted by atomic mass is 10.1. The largest absolute Gasteiger partial charge is 0.465 e. The highest BCUT2D eigenvalue weighted by Crippen LogP contribution is 2.35. The number of ether oxygens (including phenoxy) is 1. The second-order valence-electron chi connectivity index (χ2n) is 5.92. The van der Waals surface area contributed by atoms with Crippen LogP contribution in [0.15, 0.2) is 0 Å². The molecule has 2 amide bonds. The van der Waals surface area contributed by atoms with E-state index in [-0.39, 0.29) is 23.3 Å². The van der Waals surface area contributed by atoms with Gasteiger partial charge in [0, 0.05) is 20.0 Å². The summed E-state index contributed by atoms with van der Waals surface area (Å²) in [5.74, 6) is -0.842. The van der Waals surface area contributed by atoms with Gasteiger partial charge in [-0.15, -0.1) is 11.3 Å². The molecule has 23 heavy (non-hydrogen) atoms. The van der Waals surface area contributed by atoms with Crippen molar-refractivity contribution in [1.29, 1.82) is 0 Å². The lowest BCUT2D eigenvalue weighted by Crippen LogP contribution is -2.21. The van der Waals surface area contributed by atoms with E-state index in [1.807, 2.05) is 0 Å². The summed E-state index contributed by atoms with van der Waals surface area (Å²) in [5, 5.41) is 3.23. The molecule has 2 rings (SSSR count). The normalized spacial score (nSPS) is 14.6. The number of rotatable bonds is 4. The number of esters is 1. The number of carbonyl (C=O) groups is 3. The van der Waals surface area contributed by atoms with Crippen LogP contribution in [-0.4, -0.2) is 43.9 Å². The third kappa shape index (κ3) is 3.55. The van der Waals surface area contributed by atoms with Gasteiger partial charge in [0.05, 0.1) is 17.6 Å². The van der Waals surface area contributed by atoms with Crippen molar-refractivity contribution in [3.8, 4) is 0 Å². The summed E-state index contributed by atoms with van der Waals surface area (Å²) < 4.78 is 4.81. The smallest absolute Gasteiger partial charge is 0.341 e. The van der Waals surface area contributed by atoms with Gasteiger partial charge in [-0.2, -0.15) is 0 Å². The predicted octanol–water partition coefficient (Wildman–Crippen LogP) is 2.67. The zero-order valence-corrected chi connectivity index (χ0v) is 14.7. The number of thiophene rings is 1. The number of nitrogens with one attached hydrogen (secondary N) is 1. The highest BCUT2D eigenvalue weighted by atomic mass is 32.1. The summed E-state index contributed by atoms with van der Waals surface area (Å²) >= 11 is 1.13. The van der Waals surface area contributed by atoms with Gasteiger partial charge in [0.15, 0.2) is 0 Å². The van der Waals surface area contributed by atoms with Gasteiger partial charge in [0.25, 0.3) is 5.91 Å². The Balaban J connectivity index is 2.36. The molecule has 0 unspecified atom stereocenters. The fourth-order valence-electron chi connectivity index (χ4n) is 2.76. The van der Waals surface area contributed by atoms with Crippen LogP contribution in [-0.2, 0) is 9.53 Å². The van der Waals surface area contributed by atoms with Crippen LogP contribution in [0.4, 0.5) is 5.00 Å². The molecule has 1 aliphatic rings. The van der Waals surface area contributed by atoms with E-state index in [4.69, 9.17) is 4.74 Å². The first kappa shape index (κ1) is 17.5. The minimum absolute atomic E-state index is 0.0177. The van der Waals surface area contributed by atoms with E-state index in [1.165, 1.54) is 12.0 Å². The van der Waals surface area contributed by atoms with Crippen LogP contribution >= 0.6 is 11.3 Å². The highest BCUT2D eigenvalue weighted by molar-refractivity contribution is 7.18. The van der Waals surface area contributed by atoms with Crippen LogP contribution < -0.4 is 5.32 Å². The van der Waals surface area contributed by atoms with Gasteiger partial charge in [0.2, 0.25) is 5.91 Å². The van der Waals surface area contributed by atoms with Crippen LogP contribution in [0.25, 0.3) is 0 Å². The van der Waals surface area contributed by atoms with E-state index < -0.39 is 5.97 Å². The average Bonchev–Trinajstić information content (AvgIpc) is 3.14. The topological polar surface area (TPSA) is 75.7 Å². The Hall–Kier alpha value is -1.89. The Morgan fingerprint density at radius 1 is 1.22 bits per heavy atom. The van der Waals surface area contributed by atoms with E-state index >= 15 is 0 Å². The van der Waals surface area contributed by atoms with E-state index in [1.54, 1.807) is 21.0 Å². The van der Waals surface area contributed by atoms with E-state index in [2.05, 4.69) is 5.32 Å². The zero-order valence-electron chi connectivity index (χ0n) is 13.9. The molecular formula is C16H22N2O4S. The van der Waals surface area contributed by atoms with Gasteiger partial charge in [-0.1, -0.05) is 12.8 Å². The number of anilines is 1. The summed E-state index contributed by atoms with van der Waals surface area (Å²) in [6, 6.07) is 0. The Kier molecular flexibility index (Phi) is 5.41. The molecule has 0 bridgehead atoms. The zero-order chi connectivity index (χ0) is 17.1. The maximum Gasteiger partial charge on any atom is 0.341 e. The SMILES string of the molecule is COC(=O)c1c(NC(=O)C2CCCC2)sc(C(=O)N(C)C)c1C. The Morgan fingerprint density at radius 3 is 2.35 bits per heavy atom. The predicted molar refractivity (Wildman–Crippen MR) is 89.0 cm³/mol. The molecule has 0 radical (unpaired) electrons. The molecule has 0 saturated heterocycles. The molecule has 0 aromatic carbocycles. The lowest BCUT2D eigenvalue weighted by Gasteiger charge is -2.10. The van der Waals surface area contributed by atoms with Crippen molar-refractivity contribution in [2.75, 3.05) is 26.5 Å². The molecule has 0 aliphatic heterocycles. The summed E-state index contributed by atoms with van der Waals surface area (Å²) in [7, 11) is 4.58. The Morgan fingerprint density at radius 2 is 1.83 bits per heavy atom. The number of carbonyl (C=O) groups excluding carboxylic acids is 3. The van der Waals surface area contributed by atoms with Crippen LogP contribution in [0.5, 0.6) is 0 Å². The third-order valence-electron chi connectivity index (χ3n) is 4.10. The molecule has 0 spiro atoms. The minimum atomic E-state index is -0.543. The van der Waals surface area contributed by atoms with Gasteiger partial charge in [0.1, 0.15) is 5.00 Å². The van der Waals surface area contributed by atoms with Crippen molar-refractivity contribution in [2.45, 2.75) is 32.6 Å². The standard InChI is InChI=1S/C16H22N2O4S/c1-9-11(16(21)22-4)14(23-12(9)15(20)18(2)3)17-13(19)10-7-5-6-8-10/h10H,5-8H2,1-4H3,(H,17,19). The highest BCUT2D eigenvalue weighted by Gasteiger charge is 2.29. The molecule has 1 aromatic heterocycles. The Labute approximate surface area is 139 Å². The molecule has 1 N–H and O–H groups in total. The summed E-state index contributed by atoms with van der Waals surface area (Å²) in [4.78, 5) is 38.6. The first-order valence-electron chi connectivity index (χ1n) is 7.61. The van der Waals surface area contributed by atoms with Gasteiger partial charge >= 0.3 is 5.97 Å². The summed E-state index contributed by atoms with van der Waals surface area (Å²) in [6.07, 6.45) is 3.84. The van der Waals surface area contributed by atoms with Crippen molar-refractivity contribution >= 4 is 34.1 Å². The molecule has 0 atom stereocenters. The minimum Gasteiger partial charge on any atom is -0.465 e. The second kappa shape index (κ2) is 7.12. The third-order valence-corrected chi connectivity index (χ3v) is 5.29. The van der Waals surface area contributed by atoms with Gasteiger partial charge in [-0.05, 0) is 25.3 Å². The first-order valence-corrected chi connectivity index (χ1v) is 8.42. The molecular weight excluding hydrogens is 316 g/mol. The van der Waals surface area contributed by atoms with Gasteiger partial charge < -0.3 is 15.0 Å². The number of methoxy groups -OCH3 is 1. The van der Waals surface area contributed by atoms with Crippen molar-refractivity contribution < 1.29 is 19.1 Å². The quantitative estimate of drug-likeness (QED) is 0.857. The lowest BCUT2D eigenvalue weighted by molar-refractivity contribution is -0.119. The van der Waals surface area contributed by atoms with Crippen LogP contribution in [0.3, 0.4) is 0 Å². The first-order chi connectivity index (χ1) is 10.9. The number of hydrogen-bond acceptors (Lipinski definition) is 5.